The van der Waals surface area contributed by atoms with Crippen molar-refractivity contribution in [1.82, 2.24) is 9.55 Å². The number of benzene rings is 1. The normalized spacial score (nSPS) is 18.8. The van der Waals surface area contributed by atoms with Gasteiger partial charge in [0, 0.05) is 16.6 Å². The topological polar surface area (TPSA) is 122 Å². The number of nitrogens with one attached hydrogen (secondary N) is 1. The van der Waals surface area contributed by atoms with Crippen molar-refractivity contribution in [2.24, 2.45) is 4.99 Å². The van der Waals surface area contributed by atoms with E-state index in [2.05, 4.69) is 9.98 Å². The zero-order chi connectivity index (χ0) is 18.2. The van der Waals surface area contributed by atoms with E-state index in [4.69, 9.17) is 11.6 Å². The maximum absolute atomic E-state index is 12.0. The van der Waals surface area contributed by atoms with E-state index < -0.39 is 33.0 Å². The van der Waals surface area contributed by atoms with Crippen molar-refractivity contribution >= 4 is 27.7 Å². The van der Waals surface area contributed by atoms with Gasteiger partial charge in [0.1, 0.15) is 5.56 Å². The van der Waals surface area contributed by atoms with E-state index in [0.29, 0.717) is 5.02 Å². The molecule has 1 unspecified atom stereocenters. The van der Waals surface area contributed by atoms with E-state index in [1.165, 1.54) is 18.2 Å². The minimum absolute atomic E-state index is 0.212. The standard InChI is InChI=1S/C15H12ClN3O5S/c16-9-2-1-3-11(6-9)19-14(21)12(13(20)18-15(19)22)7-17-10-4-5-25(23,24)8-10/h1-7,10,21H,8H2,(H,18,20,22). The molecule has 1 aromatic carbocycles. The molecule has 0 amide bonds. The molecule has 8 nitrogen and oxygen atoms in total. The Kier molecular flexibility index (Phi) is 4.36. The van der Waals surface area contributed by atoms with E-state index in [0.717, 1.165) is 16.2 Å². The zero-order valence-electron chi connectivity index (χ0n) is 12.6. The van der Waals surface area contributed by atoms with E-state index in [9.17, 15) is 23.1 Å². The van der Waals surface area contributed by atoms with E-state index in [1.54, 1.807) is 12.1 Å². The predicted molar refractivity (Wildman–Crippen MR) is 93.6 cm³/mol. The van der Waals surface area contributed by atoms with Gasteiger partial charge < -0.3 is 5.11 Å². The van der Waals surface area contributed by atoms with Gasteiger partial charge in [0.25, 0.3) is 5.56 Å². The maximum atomic E-state index is 12.0. The number of rotatable bonds is 3. The Morgan fingerprint density at radius 2 is 2.12 bits per heavy atom. The molecular weight excluding hydrogens is 370 g/mol. The molecule has 2 aromatic rings. The van der Waals surface area contributed by atoms with Crippen molar-refractivity contribution in [3.63, 3.8) is 0 Å². The maximum Gasteiger partial charge on any atom is 0.335 e. The molecule has 25 heavy (non-hydrogen) atoms. The number of hydrogen-bond acceptors (Lipinski definition) is 6. The zero-order valence-corrected chi connectivity index (χ0v) is 14.2. The van der Waals surface area contributed by atoms with Crippen LogP contribution >= 0.6 is 11.6 Å². The van der Waals surface area contributed by atoms with Crippen LogP contribution in [0.25, 0.3) is 5.69 Å². The van der Waals surface area contributed by atoms with Gasteiger partial charge in [0.2, 0.25) is 5.88 Å². The Balaban J connectivity index is 2.07. The Labute approximate surface area is 146 Å². The number of halogens is 1. The lowest BCUT2D eigenvalue weighted by Gasteiger charge is -2.10. The third-order valence-corrected chi connectivity index (χ3v) is 5.11. The SMILES string of the molecule is O=c1[nH]c(=O)n(-c2cccc(Cl)c2)c(O)c1C=NC1C=CS(=O)(=O)C1. The van der Waals surface area contributed by atoms with Gasteiger partial charge in [0.15, 0.2) is 9.84 Å². The Morgan fingerprint density at radius 3 is 2.76 bits per heavy atom. The van der Waals surface area contributed by atoms with Crippen LogP contribution in [0.4, 0.5) is 0 Å². The molecule has 2 heterocycles. The summed E-state index contributed by atoms with van der Waals surface area (Å²) < 4.78 is 23.6. The number of aromatic nitrogens is 2. The fourth-order valence-corrected chi connectivity index (χ4v) is 3.72. The molecule has 3 rings (SSSR count). The lowest BCUT2D eigenvalue weighted by atomic mass is 10.2. The van der Waals surface area contributed by atoms with Gasteiger partial charge in [-0.2, -0.15) is 0 Å². The number of aromatic amines is 1. The van der Waals surface area contributed by atoms with Crippen LogP contribution < -0.4 is 11.2 Å². The third kappa shape index (κ3) is 3.57. The quantitative estimate of drug-likeness (QED) is 0.754. The summed E-state index contributed by atoms with van der Waals surface area (Å²) in [5.74, 6) is -0.833. The van der Waals surface area contributed by atoms with Crippen LogP contribution in [0.15, 0.2) is 50.3 Å². The Morgan fingerprint density at radius 1 is 1.36 bits per heavy atom. The van der Waals surface area contributed by atoms with E-state index >= 15 is 0 Å². The van der Waals surface area contributed by atoms with E-state index in [-0.39, 0.29) is 17.0 Å². The van der Waals surface area contributed by atoms with Crippen molar-refractivity contribution in [2.45, 2.75) is 6.04 Å². The predicted octanol–water partition coefficient (Wildman–Crippen LogP) is 0.614. The lowest BCUT2D eigenvalue weighted by Crippen LogP contribution is -2.31. The van der Waals surface area contributed by atoms with Crippen molar-refractivity contribution in [3.8, 4) is 11.6 Å². The summed E-state index contributed by atoms with van der Waals surface area (Å²) in [4.78, 5) is 30.1. The molecule has 0 radical (unpaired) electrons. The number of aromatic hydroxyl groups is 1. The summed E-state index contributed by atoms with van der Waals surface area (Å²) in [7, 11) is -3.30. The minimum atomic E-state index is -3.30. The number of aliphatic imine (C=N–C) groups is 1. The average molecular weight is 382 g/mol. The van der Waals surface area contributed by atoms with Gasteiger partial charge >= 0.3 is 5.69 Å². The largest absolute Gasteiger partial charge is 0.493 e. The molecule has 0 aliphatic carbocycles. The number of nitrogens with zero attached hydrogens (tertiary/aromatic N) is 2. The van der Waals surface area contributed by atoms with E-state index in [1.807, 2.05) is 0 Å². The molecule has 0 bridgehead atoms. The van der Waals surface area contributed by atoms with Crippen molar-refractivity contribution < 1.29 is 13.5 Å². The highest BCUT2D eigenvalue weighted by molar-refractivity contribution is 7.94. The minimum Gasteiger partial charge on any atom is -0.493 e. The van der Waals surface area contributed by atoms with Crippen molar-refractivity contribution in [1.29, 1.82) is 0 Å². The summed E-state index contributed by atoms with van der Waals surface area (Å²) in [6.07, 6.45) is 2.43. The highest BCUT2D eigenvalue weighted by Gasteiger charge is 2.21. The molecule has 0 saturated heterocycles. The highest BCUT2D eigenvalue weighted by atomic mass is 35.5. The summed E-state index contributed by atoms with van der Waals surface area (Å²) >= 11 is 5.88. The van der Waals surface area contributed by atoms with Crippen molar-refractivity contribution in [2.75, 3.05) is 5.75 Å². The van der Waals surface area contributed by atoms with Gasteiger partial charge in [-0.3, -0.25) is 14.8 Å². The van der Waals surface area contributed by atoms with Crippen LogP contribution in [0, 0.1) is 0 Å². The van der Waals surface area contributed by atoms with Gasteiger partial charge in [-0.1, -0.05) is 17.7 Å². The van der Waals surface area contributed by atoms with Crippen LogP contribution in [0.3, 0.4) is 0 Å². The van der Waals surface area contributed by atoms with Gasteiger partial charge in [-0.25, -0.2) is 17.8 Å². The molecule has 130 valence electrons. The molecule has 1 aliphatic heterocycles. The molecule has 1 aromatic heterocycles. The molecule has 2 N–H and O–H groups in total. The monoisotopic (exact) mass is 381 g/mol. The van der Waals surface area contributed by atoms with Crippen LogP contribution in [-0.2, 0) is 9.84 Å². The van der Waals surface area contributed by atoms with Crippen molar-refractivity contribution in [3.05, 3.63) is 67.2 Å². The molecule has 0 fully saturated rings. The first-order chi connectivity index (χ1) is 11.8. The molecule has 0 spiro atoms. The highest BCUT2D eigenvalue weighted by Crippen LogP contribution is 2.19. The summed E-state index contributed by atoms with van der Waals surface area (Å²) in [5, 5.41) is 11.7. The fourth-order valence-electron chi connectivity index (χ4n) is 2.33. The number of sulfone groups is 1. The summed E-state index contributed by atoms with van der Waals surface area (Å²) in [6.45, 7) is 0. The average Bonchev–Trinajstić information content (AvgIpc) is 2.86. The van der Waals surface area contributed by atoms with Crippen LogP contribution in [-0.4, -0.2) is 41.1 Å². The molecule has 1 aliphatic rings. The molecule has 0 saturated carbocycles. The first-order valence-corrected chi connectivity index (χ1v) is 9.14. The first-order valence-electron chi connectivity index (χ1n) is 7.05. The van der Waals surface area contributed by atoms with Gasteiger partial charge in [-0.05, 0) is 24.3 Å². The lowest BCUT2D eigenvalue weighted by molar-refractivity contribution is 0.430. The second kappa shape index (κ2) is 6.34. The Bertz CT molecular complexity index is 1110. The van der Waals surface area contributed by atoms with Gasteiger partial charge in [0.05, 0.1) is 17.5 Å². The second-order valence-electron chi connectivity index (χ2n) is 5.32. The fraction of sp³-hybridized carbons (Fsp3) is 0.133. The number of H-pyrrole nitrogens is 1. The van der Waals surface area contributed by atoms with Crippen LogP contribution in [0.2, 0.25) is 5.02 Å². The summed E-state index contributed by atoms with van der Waals surface area (Å²) in [6, 6.07) is 5.48. The molecule has 10 heteroatoms. The van der Waals surface area contributed by atoms with Crippen LogP contribution in [0.5, 0.6) is 5.88 Å². The Hall–Kier alpha value is -2.65. The third-order valence-electron chi connectivity index (χ3n) is 3.49. The molecule has 1 atom stereocenters. The first kappa shape index (κ1) is 17.2. The second-order valence-corrected chi connectivity index (χ2v) is 7.68. The van der Waals surface area contributed by atoms with Crippen LogP contribution in [0.1, 0.15) is 5.56 Å². The van der Waals surface area contributed by atoms with Gasteiger partial charge in [-0.15, -0.1) is 0 Å². The number of hydrogen-bond donors (Lipinski definition) is 2. The molecular formula is C15H12ClN3O5S. The summed E-state index contributed by atoms with van der Waals surface area (Å²) in [5.41, 5.74) is -1.69. The smallest absolute Gasteiger partial charge is 0.335 e.